The number of carbonyl (C=O) groups is 2. The van der Waals surface area contributed by atoms with Crippen LogP contribution in [-0.4, -0.2) is 56.6 Å². The van der Waals surface area contributed by atoms with E-state index in [1.54, 1.807) is 55.9 Å². The number of hydrogen-bond acceptors (Lipinski definition) is 7. The van der Waals surface area contributed by atoms with Crippen molar-refractivity contribution in [1.29, 1.82) is 0 Å². The Morgan fingerprint density at radius 3 is 2.59 bits per heavy atom. The van der Waals surface area contributed by atoms with Gasteiger partial charge in [0, 0.05) is 18.0 Å². The Bertz CT molecular complexity index is 936. The molecule has 3 amide bonds. The van der Waals surface area contributed by atoms with Crippen molar-refractivity contribution in [2.75, 3.05) is 38.3 Å². The van der Waals surface area contributed by atoms with Crippen LogP contribution in [-0.2, 0) is 15.1 Å². The van der Waals surface area contributed by atoms with Crippen molar-refractivity contribution in [1.82, 2.24) is 10.3 Å². The predicted molar refractivity (Wildman–Crippen MR) is 111 cm³/mol. The average Bonchev–Trinajstić information content (AvgIpc) is 3.31. The summed E-state index contributed by atoms with van der Waals surface area (Å²) in [5.41, 5.74) is -0.505. The number of benzene rings is 1. The van der Waals surface area contributed by atoms with E-state index in [1.165, 1.54) is 0 Å². The molecule has 3 heterocycles. The number of nitrogens with zero attached hydrogens (tertiary/aromatic N) is 3. The van der Waals surface area contributed by atoms with Gasteiger partial charge in [0.05, 0.1) is 31.5 Å². The molecule has 1 aromatic heterocycles. The van der Waals surface area contributed by atoms with Gasteiger partial charge in [-0.2, -0.15) is 5.10 Å². The summed E-state index contributed by atoms with van der Waals surface area (Å²) >= 11 is 1.56. The van der Waals surface area contributed by atoms with Crippen LogP contribution >= 0.6 is 11.3 Å². The molecule has 29 heavy (non-hydrogen) atoms. The summed E-state index contributed by atoms with van der Waals surface area (Å²) < 4.78 is 10.5. The summed E-state index contributed by atoms with van der Waals surface area (Å²) in [6, 6.07) is 10.4. The topological polar surface area (TPSA) is 83.5 Å². The standard InChI is InChI=1S/C20H22N4O4S/c1-20(14-3-5-15(27-2)6-4-14)18(25)24(19(26)22-20)21-13-16-7-8-17(29-16)23-9-11-28-12-10-23/h3-8,13H,9-12H2,1-2H3,(H,22,26)/b21-13+. The summed E-state index contributed by atoms with van der Waals surface area (Å²) in [5.74, 6) is 0.256. The van der Waals surface area contributed by atoms with Gasteiger partial charge in [-0.05, 0) is 36.8 Å². The Morgan fingerprint density at radius 2 is 1.90 bits per heavy atom. The Hall–Kier alpha value is -2.91. The SMILES string of the molecule is COc1ccc(C2(C)NC(=O)N(/N=C/c3ccc(N4CCOCC4)s3)C2=O)cc1. The molecule has 1 unspecified atom stereocenters. The molecule has 1 atom stereocenters. The summed E-state index contributed by atoms with van der Waals surface area (Å²) in [5, 5.41) is 8.91. The minimum Gasteiger partial charge on any atom is -0.497 e. The molecule has 4 rings (SSSR count). The van der Waals surface area contributed by atoms with Crippen molar-refractivity contribution in [3.63, 3.8) is 0 Å². The summed E-state index contributed by atoms with van der Waals surface area (Å²) in [4.78, 5) is 28.5. The van der Waals surface area contributed by atoms with Gasteiger partial charge in [0.2, 0.25) is 0 Å². The van der Waals surface area contributed by atoms with Gasteiger partial charge in [-0.1, -0.05) is 12.1 Å². The quantitative estimate of drug-likeness (QED) is 0.600. The number of morpholine rings is 1. The number of thiophene rings is 1. The van der Waals surface area contributed by atoms with Gasteiger partial charge < -0.3 is 19.7 Å². The Kier molecular flexibility index (Phi) is 5.25. The first-order valence-corrected chi connectivity index (χ1v) is 10.1. The van der Waals surface area contributed by atoms with Crippen LogP contribution in [0.5, 0.6) is 5.75 Å². The molecule has 2 aliphatic rings. The summed E-state index contributed by atoms with van der Waals surface area (Å²) in [7, 11) is 1.57. The smallest absolute Gasteiger partial charge is 0.346 e. The maximum atomic E-state index is 12.9. The highest BCUT2D eigenvalue weighted by atomic mass is 32.1. The molecule has 0 bridgehead atoms. The minimum absolute atomic E-state index is 0.422. The zero-order valence-electron chi connectivity index (χ0n) is 16.3. The number of anilines is 1. The molecule has 2 fully saturated rings. The normalized spacial score (nSPS) is 22.4. The van der Waals surface area contributed by atoms with E-state index in [4.69, 9.17) is 9.47 Å². The fourth-order valence-corrected chi connectivity index (χ4v) is 4.25. The van der Waals surface area contributed by atoms with E-state index < -0.39 is 17.5 Å². The molecular formula is C20H22N4O4S. The molecule has 0 radical (unpaired) electrons. The highest BCUT2D eigenvalue weighted by Crippen LogP contribution is 2.31. The minimum atomic E-state index is -1.17. The van der Waals surface area contributed by atoms with Gasteiger partial charge in [0.25, 0.3) is 5.91 Å². The fraction of sp³-hybridized carbons (Fsp3) is 0.350. The molecule has 0 aliphatic carbocycles. The number of hydrogen-bond donors (Lipinski definition) is 1. The number of ether oxygens (including phenoxy) is 2. The van der Waals surface area contributed by atoms with Crippen molar-refractivity contribution in [3.8, 4) is 5.75 Å². The number of nitrogens with one attached hydrogen (secondary N) is 1. The third-order valence-corrected chi connectivity index (χ3v) is 6.15. The number of imide groups is 1. The lowest BCUT2D eigenvalue weighted by atomic mass is 9.92. The lowest BCUT2D eigenvalue weighted by molar-refractivity contribution is -0.131. The first-order chi connectivity index (χ1) is 14.0. The van der Waals surface area contributed by atoms with E-state index >= 15 is 0 Å². The van der Waals surface area contributed by atoms with Gasteiger partial charge in [0.15, 0.2) is 0 Å². The molecule has 0 saturated carbocycles. The molecule has 9 heteroatoms. The predicted octanol–water partition coefficient (Wildman–Crippen LogP) is 2.39. The van der Waals surface area contributed by atoms with Crippen LogP contribution < -0.4 is 15.0 Å². The van der Waals surface area contributed by atoms with Gasteiger partial charge in [-0.25, -0.2) is 4.79 Å². The zero-order chi connectivity index (χ0) is 20.4. The van der Waals surface area contributed by atoms with Gasteiger partial charge >= 0.3 is 6.03 Å². The van der Waals surface area contributed by atoms with Crippen LogP contribution in [0, 0.1) is 0 Å². The maximum absolute atomic E-state index is 12.9. The number of rotatable bonds is 5. The Morgan fingerprint density at radius 1 is 1.17 bits per heavy atom. The molecular weight excluding hydrogens is 392 g/mol. The number of hydrazone groups is 1. The first-order valence-electron chi connectivity index (χ1n) is 9.29. The van der Waals surface area contributed by atoms with Gasteiger partial charge in [-0.15, -0.1) is 16.3 Å². The molecule has 2 aromatic rings. The van der Waals surface area contributed by atoms with E-state index in [0.717, 1.165) is 28.0 Å². The fourth-order valence-electron chi connectivity index (χ4n) is 3.33. The highest BCUT2D eigenvalue weighted by molar-refractivity contribution is 7.17. The summed E-state index contributed by atoms with van der Waals surface area (Å²) in [6.45, 7) is 4.81. The second kappa shape index (κ2) is 7.84. The van der Waals surface area contributed by atoms with Crippen molar-refractivity contribution in [2.24, 2.45) is 5.10 Å². The number of urea groups is 1. The van der Waals surface area contributed by atoms with Crippen molar-refractivity contribution < 1.29 is 19.1 Å². The third kappa shape index (κ3) is 3.70. The van der Waals surface area contributed by atoms with Crippen LogP contribution in [0.1, 0.15) is 17.4 Å². The van der Waals surface area contributed by atoms with Crippen LogP contribution in [0.25, 0.3) is 0 Å². The maximum Gasteiger partial charge on any atom is 0.346 e. The molecule has 0 spiro atoms. The van der Waals surface area contributed by atoms with E-state index in [2.05, 4.69) is 15.3 Å². The average molecular weight is 414 g/mol. The number of methoxy groups -OCH3 is 1. The van der Waals surface area contributed by atoms with E-state index in [9.17, 15) is 9.59 Å². The monoisotopic (exact) mass is 414 g/mol. The second-order valence-electron chi connectivity index (χ2n) is 6.92. The van der Waals surface area contributed by atoms with Crippen LogP contribution in [0.15, 0.2) is 41.5 Å². The Labute approximate surface area is 172 Å². The number of carbonyl (C=O) groups excluding carboxylic acids is 2. The van der Waals surface area contributed by atoms with Gasteiger partial charge in [0.1, 0.15) is 11.3 Å². The molecule has 152 valence electrons. The lowest BCUT2D eigenvalue weighted by Crippen LogP contribution is -2.40. The highest BCUT2D eigenvalue weighted by Gasteiger charge is 2.49. The van der Waals surface area contributed by atoms with Crippen LogP contribution in [0.2, 0.25) is 0 Å². The largest absolute Gasteiger partial charge is 0.497 e. The van der Waals surface area contributed by atoms with Crippen LogP contribution in [0.3, 0.4) is 0 Å². The zero-order valence-corrected chi connectivity index (χ0v) is 17.1. The first kappa shape index (κ1) is 19.4. The Balaban J connectivity index is 1.49. The van der Waals surface area contributed by atoms with Crippen molar-refractivity contribution in [3.05, 3.63) is 46.8 Å². The molecule has 2 aliphatic heterocycles. The van der Waals surface area contributed by atoms with Crippen molar-refractivity contribution >= 4 is 34.5 Å². The lowest BCUT2D eigenvalue weighted by Gasteiger charge is -2.27. The van der Waals surface area contributed by atoms with Gasteiger partial charge in [-0.3, -0.25) is 4.79 Å². The van der Waals surface area contributed by atoms with Crippen LogP contribution in [0.4, 0.5) is 9.80 Å². The number of amides is 3. The van der Waals surface area contributed by atoms with E-state index in [-0.39, 0.29) is 0 Å². The molecule has 1 N–H and O–H groups in total. The molecule has 2 saturated heterocycles. The molecule has 8 nitrogen and oxygen atoms in total. The second-order valence-corrected chi connectivity index (χ2v) is 8.01. The van der Waals surface area contributed by atoms with Crippen molar-refractivity contribution in [2.45, 2.75) is 12.5 Å². The molecule has 1 aromatic carbocycles. The third-order valence-electron chi connectivity index (χ3n) is 5.07. The summed E-state index contributed by atoms with van der Waals surface area (Å²) in [6.07, 6.45) is 1.55. The van der Waals surface area contributed by atoms with E-state index in [0.29, 0.717) is 24.5 Å². The van der Waals surface area contributed by atoms with E-state index in [1.807, 2.05) is 12.1 Å².